The van der Waals surface area contributed by atoms with Gasteiger partial charge in [-0.15, -0.1) is 11.8 Å². The maximum atomic E-state index is 13.2. The van der Waals surface area contributed by atoms with Crippen LogP contribution in [0.2, 0.25) is 0 Å². The molecule has 2 aromatic rings. The molecular formula is C33H45N2O9PS. The van der Waals surface area contributed by atoms with Crippen LogP contribution in [-0.4, -0.2) is 76.7 Å². The Labute approximate surface area is 275 Å². The van der Waals surface area contributed by atoms with Crippen molar-refractivity contribution < 1.29 is 42.6 Å². The fourth-order valence-electron chi connectivity index (χ4n) is 4.93. The molecule has 2 aromatic carbocycles. The van der Waals surface area contributed by atoms with E-state index in [0.717, 1.165) is 16.0 Å². The van der Waals surface area contributed by atoms with Crippen LogP contribution in [0.3, 0.4) is 0 Å². The molecule has 46 heavy (non-hydrogen) atoms. The molecule has 1 saturated heterocycles. The lowest BCUT2D eigenvalue weighted by Gasteiger charge is -2.38. The number of nitrogens with zero attached hydrogens (tertiary/aromatic N) is 2. The lowest BCUT2D eigenvalue weighted by molar-refractivity contribution is -0.0790. The van der Waals surface area contributed by atoms with E-state index in [0.29, 0.717) is 25.4 Å². The highest BCUT2D eigenvalue weighted by atomic mass is 32.2. The molecule has 0 aromatic heterocycles. The Balaban J connectivity index is 1.15. The highest BCUT2D eigenvalue weighted by molar-refractivity contribution is 8.03. The van der Waals surface area contributed by atoms with Crippen LogP contribution in [0.25, 0.3) is 0 Å². The Morgan fingerprint density at radius 3 is 2.35 bits per heavy atom. The van der Waals surface area contributed by atoms with Crippen molar-refractivity contribution in [3.63, 3.8) is 0 Å². The van der Waals surface area contributed by atoms with E-state index in [9.17, 15) is 19.4 Å². The average molecular weight is 677 g/mol. The first-order valence-corrected chi connectivity index (χ1v) is 17.7. The lowest BCUT2D eigenvalue weighted by Crippen LogP contribution is -2.53. The molecular weight excluding hydrogens is 631 g/mol. The third kappa shape index (κ3) is 10.8. The number of hydrogen-bond donors (Lipinski definition) is 2. The minimum atomic E-state index is -4.34. The molecule has 2 amide bonds. The number of hydrogen-bond acceptors (Lipinski definition) is 9. The second-order valence-corrected chi connectivity index (χ2v) is 14.6. The Morgan fingerprint density at radius 2 is 1.70 bits per heavy atom. The molecule has 5 atom stereocenters. The molecule has 2 heterocycles. The van der Waals surface area contributed by atoms with Crippen LogP contribution < -0.4 is 0 Å². The fraction of sp³-hybridized carbons (Fsp3) is 0.485. The molecule has 2 aliphatic rings. The summed E-state index contributed by atoms with van der Waals surface area (Å²) in [5, 5.41) is 10.4. The second kappa shape index (κ2) is 17.1. The van der Waals surface area contributed by atoms with Crippen LogP contribution in [0, 0.1) is 11.3 Å². The summed E-state index contributed by atoms with van der Waals surface area (Å²) < 4.78 is 40.6. The third-order valence-electron chi connectivity index (χ3n) is 7.64. The Bertz CT molecular complexity index is 1350. The molecule has 2 N–H and O–H groups in total. The van der Waals surface area contributed by atoms with Gasteiger partial charge in [-0.05, 0) is 28.5 Å². The van der Waals surface area contributed by atoms with Gasteiger partial charge in [0.2, 0.25) is 0 Å². The second-order valence-electron chi connectivity index (χ2n) is 12.0. The van der Waals surface area contributed by atoms with Gasteiger partial charge < -0.3 is 24.2 Å². The zero-order valence-corrected chi connectivity index (χ0v) is 28.3. The van der Waals surface area contributed by atoms with E-state index in [4.69, 9.17) is 23.3 Å². The Kier molecular flexibility index (Phi) is 13.5. The highest BCUT2D eigenvalue weighted by Crippen LogP contribution is 2.45. The van der Waals surface area contributed by atoms with Crippen LogP contribution in [0.1, 0.15) is 38.3 Å². The summed E-state index contributed by atoms with van der Waals surface area (Å²) >= 11 is 1.45. The van der Waals surface area contributed by atoms with Crippen LogP contribution in [0.15, 0.2) is 84.4 Å². The largest absolute Gasteiger partial charge is 0.472 e. The van der Waals surface area contributed by atoms with Crippen LogP contribution in [0.5, 0.6) is 0 Å². The van der Waals surface area contributed by atoms with E-state index in [1.165, 1.54) is 33.8 Å². The van der Waals surface area contributed by atoms with Crippen molar-refractivity contribution in [2.24, 2.45) is 11.3 Å². The Hall–Kier alpha value is -2.51. The average Bonchev–Trinajstić information content (AvgIpc) is 3.40. The SMILES string of the molecule is C=C(SCCOP(=O)(O)OCC1CC(C)C(N2C=CC(O)N(COCc3ccccc3)C2=O)O1)C(C)(C)COCc1ccccc1. The summed E-state index contributed by atoms with van der Waals surface area (Å²) in [7, 11) is -4.34. The predicted octanol–water partition coefficient (Wildman–Crippen LogP) is 6.11. The van der Waals surface area contributed by atoms with Crippen molar-refractivity contribution in [3.05, 3.63) is 95.6 Å². The van der Waals surface area contributed by atoms with E-state index in [-0.39, 0.29) is 37.9 Å². The summed E-state index contributed by atoms with van der Waals surface area (Å²) in [6, 6.07) is 19.0. The number of ether oxygens (including phenoxy) is 3. The van der Waals surface area contributed by atoms with Gasteiger partial charge in [0.1, 0.15) is 13.0 Å². The fourth-order valence-corrected chi connectivity index (χ4v) is 6.67. The van der Waals surface area contributed by atoms with Gasteiger partial charge in [-0.2, -0.15) is 0 Å². The van der Waals surface area contributed by atoms with Gasteiger partial charge in [0.15, 0.2) is 6.23 Å². The number of phosphoric ester groups is 1. The highest BCUT2D eigenvalue weighted by Gasteiger charge is 2.42. The van der Waals surface area contributed by atoms with Gasteiger partial charge in [-0.1, -0.05) is 88.0 Å². The molecule has 2 aliphatic heterocycles. The van der Waals surface area contributed by atoms with Crippen LogP contribution in [0.4, 0.5) is 4.79 Å². The van der Waals surface area contributed by atoms with E-state index in [2.05, 4.69) is 6.58 Å². The topological polar surface area (TPSA) is 127 Å². The number of aliphatic hydroxyl groups excluding tert-OH is 1. The number of benzene rings is 2. The zero-order valence-electron chi connectivity index (χ0n) is 26.6. The van der Waals surface area contributed by atoms with Crippen molar-refractivity contribution >= 4 is 25.6 Å². The summed E-state index contributed by atoms with van der Waals surface area (Å²) in [6.45, 7) is 11.1. The van der Waals surface area contributed by atoms with Crippen molar-refractivity contribution in [2.75, 3.05) is 32.3 Å². The summed E-state index contributed by atoms with van der Waals surface area (Å²) in [5.41, 5.74) is 1.74. The minimum Gasteiger partial charge on any atom is -0.376 e. The third-order valence-corrected chi connectivity index (χ3v) is 9.90. The molecule has 4 rings (SSSR count). The summed E-state index contributed by atoms with van der Waals surface area (Å²) in [6.07, 6.45) is 1.14. The lowest BCUT2D eigenvalue weighted by atomic mass is 9.95. The van der Waals surface area contributed by atoms with Gasteiger partial charge in [-0.25, -0.2) is 9.36 Å². The van der Waals surface area contributed by atoms with E-state index in [1.54, 1.807) is 0 Å². The number of aliphatic hydroxyl groups is 1. The number of rotatable bonds is 18. The molecule has 1 fully saturated rings. The van der Waals surface area contributed by atoms with Gasteiger partial charge in [-0.3, -0.25) is 18.8 Å². The summed E-state index contributed by atoms with van der Waals surface area (Å²) in [4.78, 5) is 27.0. The first kappa shape index (κ1) is 36.3. The molecule has 0 radical (unpaired) electrons. The molecule has 0 spiro atoms. The number of phosphoric acid groups is 1. The number of carbonyl (C=O) groups excluding carboxylic acids is 1. The van der Waals surface area contributed by atoms with Crippen LogP contribution in [-0.2, 0) is 41.0 Å². The van der Waals surface area contributed by atoms with Gasteiger partial charge in [0.05, 0.1) is 39.1 Å². The molecule has 252 valence electrons. The van der Waals surface area contributed by atoms with E-state index < -0.39 is 32.4 Å². The molecule has 13 heteroatoms. The number of thioether (sulfide) groups is 1. The van der Waals surface area contributed by atoms with Crippen molar-refractivity contribution in [1.82, 2.24) is 9.80 Å². The number of carbonyl (C=O) groups is 1. The van der Waals surface area contributed by atoms with Gasteiger partial charge >= 0.3 is 13.9 Å². The van der Waals surface area contributed by atoms with Gasteiger partial charge in [0.25, 0.3) is 0 Å². The van der Waals surface area contributed by atoms with Crippen LogP contribution >= 0.6 is 19.6 Å². The van der Waals surface area contributed by atoms with E-state index in [1.807, 2.05) is 81.4 Å². The number of urea groups is 1. The summed E-state index contributed by atoms with van der Waals surface area (Å²) in [5.74, 6) is 0.306. The standard InChI is InChI=1S/C33H45N2O9PS/c1-25-19-29(44-31(25)34-16-15-30(36)35(32(34)37)24-41-21-28-13-9-6-10-14-28)22-43-45(38,39)42-17-18-46-26(2)33(3,4)23-40-20-27-11-7-5-8-12-27/h5-16,25,29-31,36H,2,17-24H2,1,3-4H3,(H,38,39). The Morgan fingerprint density at radius 1 is 1.07 bits per heavy atom. The maximum Gasteiger partial charge on any atom is 0.472 e. The first-order chi connectivity index (χ1) is 21.9. The van der Waals surface area contributed by atoms with Crippen molar-refractivity contribution in [1.29, 1.82) is 0 Å². The smallest absolute Gasteiger partial charge is 0.376 e. The molecule has 0 bridgehead atoms. The quantitative estimate of drug-likeness (QED) is 0.141. The van der Waals surface area contributed by atoms with Gasteiger partial charge in [0, 0.05) is 23.3 Å². The molecule has 5 unspecified atom stereocenters. The number of amides is 2. The van der Waals surface area contributed by atoms with E-state index >= 15 is 0 Å². The molecule has 0 aliphatic carbocycles. The maximum absolute atomic E-state index is 13.2. The molecule has 0 saturated carbocycles. The van der Waals surface area contributed by atoms with Crippen molar-refractivity contribution in [2.45, 2.75) is 59.0 Å². The first-order valence-electron chi connectivity index (χ1n) is 15.2. The predicted molar refractivity (Wildman–Crippen MR) is 176 cm³/mol. The molecule has 11 nitrogen and oxygen atoms in total. The zero-order chi connectivity index (χ0) is 33.2. The normalized spacial score (nSPS) is 23.1. The van der Waals surface area contributed by atoms with Crippen molar-refractivity contribution in [3.8, 4) is 0 Å². The monoisotopic (exact) mass is 676 g/mol. The minimum absolute atomic E-state index is 0.0133.